The fourth-order valence-corrected chi connectivity index (χ4v) is 3.50. The molecule has 0 aromatic carbocycles. The van der Waals surface area contributed by atoms with Crippen molar-refractivity contribution in [1.82, 2.24) is 19.9 Å². The third kappa shape index (κ3) is 2.95. The fourth-order valence-electron chi connectivity index (χ4n) is 3.50. The number of hydrogen-bond donors (Lipinski definition) is 1. The van der Waals surface area contributed by atoms with Gasteiger partial charge in [0.1, 0.15) is 17.1 Å². The summed E-state index contributed by atoms with van der Waals surface area (Å²) in [5, 5.41) is 1.18. The van der Waals surface area contributed by atoms with E-state index >= 15 is 0 Å². The summed E-state index contributed by atoms with van der Waals surface area (Å²) < 4.78 is 5.09. The number of ether oxygens (including phenoxy) is 1. The molecule has 0 unspecified atom stereocenters. The minimum absolute atomic E-state index is 0.0123. The number of aromatic nitrogens is 3. The number of carbonyl (C=O) groups is 1. The molecule has 6 heteroatoms. The van der Waals surface area contributed by atoms with E-state index in [1.165, 1.54) is 10.9 Å². The largest absolute Gasteiger partial charge is 0.495 e. The Bertz CT molecular complexity index is 880. The van der Waals surface area contributed by atoms with Gasteiger partial charge in [0, 0.05) is 30.9 Å². The molecule has 0 atom stereocenters. The van der Waals surface area contributed by atoms with Crippen LogP contribution in [-0.2, 0) is 0 Å². The lowest BCUT2D eigenvalue weighted by atomic mass is 9.89. The second-order valence-corrected chi connectivity index (χ2v) is 6.29. The highest BCUT2D eigenvalue weighted by Crippen LogP contribution is 2.32. The highest BCUT2D eigenvalue weighted by atomic mass is 16.5. The lowest BCUT2D eigenvalue weighted by Crippen LogP contribution is -2.38. The van der Waals surface area contributed by atoms with Crippen LogP contribution in [0, 0.1) is 0 Å². The first-order valence-electron chi connectivity index (χ1n) is 8.47. The average molecular weight is 336 g/mol. The van der Waals surface area contributed by atoms with Crippen LogP contribution in [-0.4, -0.2) is 46.0 Å². The maximum Gasteiger partial charge on any atom is 0.272 e. The molecule has 1 amide bonds. The van der Waals surface area contributed by atoms with Crippen molar-refractivity contribution < 1.29 is 9.53 Å². The predicted molar refractivity (Wildman–Crippen MR) is 94.8 cm³/mol. The Morgan fingerprint density at radius 2 is 2.08 bits per heavy atom. The maximum absolute atomic E-state index is 12.6. The van der Waals surface area contributed by atoms with E-state index in [4.69, 9.17) is 4.74 Å². The van der Waals surface area contributed by atoms with Crippen molar-refractivity contribution in [1.29, 1.82) is 0 Å². The lowest BCUT2D eigenvalue weighted by molar-refractivity contribution is 0.0707. The quantitative estimate of drug-likeness (QED) is 0.798. The molecule has 25 heavy (non-hydrogen) atoms. The number of likely N-dealkylation sites (tertiary alicyclic amines) is 1. The van der Waals surface area contributed by atoms with Crippen LogP contribution in [0.2, 0.25) is 0 Å². The van der Waals surface area contributed by atoms with Gasteiger partial charge in [-0.25, -0.2) is 9.97 Å². The number of rotatable bonds is 3. The van der Waals surface area contributed by atoms with Gasteiger partial charge < -0.3 is 14.6 Å². The van der Waals surface area contributed by atoms with E-state index in [-0.39, 0.29) is 5.91 Å². The highest BCUT2D eigenvalue weighted by molar-refractivity contribution is 5.92. The summed E-state index contributed by atoms with van der Waals surface area (Å²) in [4.78, 5) is 26.3. The molecule has 6 nitrogen and oxygen atoms in total. The zero-order chi connectivity index (χ0) is 17.2. The summed E-state index contributed by atoms with van der Waals surface area (Å²) in [6.45, 7) is 1.48. The van der Waals surface area contributed by atoms with Gasteiger partial charge in [0.25, 0.3) is 5.91 Å². The molecule has 4 rings (SSSR count). The second-order valence-electron chi connectivity index (χ2n) is 6.29. The number of pyridine rings is 2. The zero-order valence-corrected chi connectivity index (χ0v) is 14.1. The minimum atomic E-state index is -0.0123. The zero-order valence-electron chi connectivity index (χ0n) is 14.1. The fraction of sp³-hybridized carbons (Fsp3) is 0.316. The van der Waals surface area contributed by atoms with Gasteiger partial charge in [0.05, 0.1) is 13.3 Å². The van der Waals surface area contributed by atoms with Gasteiger partial charge in [-0.1, -0.05) is 0 Å². The number of amides is 1. The molecule has 1 fully saturated rings. The predicted octanol–water partition coefficient (Wildman–Crippen LogP) is 2.99. The molecule has 1 saturated heterocycles. The number of hydrogen-bond acceptors (Lipinski definition) is 4. The Hall–Kier alpha value is -2.89. The van der Waals surface area contributed by atoms with Crippen molar-refractivity contribution in [2.45, 2.75) is 18.8 Å². The standard InChI is InChI=1S/C19H20N4O2/c1-25-14-4-5-17(21-11-14)19(24)23-9-6-13(7-10-23)16-12-22-18-15(16)3-2-8-20-18/h2-5,8,11-13H,6-7,9-10H2,1H3,(H,20,22). The number of H-pyrrole nitrogens is 1. The average Bonchev–Trinajstić information content (AvgIpc) is 3.12. The Morgan fingerprint density at radius 1 is 1.24 bits per heavy atom. The number of nitrogens with zero attached hydrogens (tertiary/aromatic N) is 3. The van der Waals surface area contributed by atoms with Gasteiger partial charge in [-0.05, 0) is 48.6 Å². The first-order valence-corrected chi connectivity index (χ1v) is 8.47. The number of piperidine rings is 1. The van der Waals surface area contributed by atoms with Crippen LogP contribution in [0.5, 0.6) is 5.75 Å². The van der Waals surface area contributed by atoms with Crippen LogP contribution in [0.4, 0.5) is 0 Å². The molecule has 0 aliphatic carbocycles. The summed E-state index contributed by atoms with van der Waals surface area (Å²) in [5.41, 5.74) is 2.70. The molecule has 1 aliphatic heterocycles. The van der Waals surface area contributed by atoms with Crippen LogP contribution in [0.1, 0.15) is 34.8 Å². The Morgan fingerprint density at radius 3 is 2.80 bits per heavy atom. The van der Waals surface area contributed by atoms with Gasteiger partial charge >= 0.3 is 0 Å². The van der Waals surface area contributed by atoms with Gasteiger partial charge in [-0.15, -0.1) is 0 Å². The van der Waals surface area contributed by atoms with Crippen molar-refractivity contribution in [3.8, 4) is 5.75 Å². The lowest BCUT2D eigenvalue weighted by Gasteiger charge is -2.31. The third-order valence-electron chi connectivity index (χ3n) is 4.90. The molecule has 1 N–H and O–H groups in total. The summed E-state index contributed by atoms with van der Waals surface area (Å²) in [5.74, 6) is 1.09. The van der Waals surface area contributed by atoms with Crippen LogP contribution in [0.15, 0.2) is 42.9 Å². The Labute approximate surface area is 145 Å². The van der Waals surface area contributed by atoms with Crippen LogP contribution < -0.4 is 4.74 Å². The summed E-state index contributed by atoms with van der Waals surface area (Å²) >= 11 is 0. The summed E-state index contributed by atoms with van der Waals surface area (Å²) in [6.07, 6.45) is 7.34. The molecule has 0 bridgehead atoms. The van der Waals surface area contributed by atoms with Crippen LogP contribution >= 0.6 is 0 Å². The van der Waals surface area contributed by atoms with Gasteiger partial charge in [-0.2, -0.15) is 0 Å². The monoisotopic (exact) mass is 336 g/mol. The van der Waals surface area contributed by atoms with E-state index in [9.17, 15) is 4.79 Å². The van der Waals surface area contributed by atoms with E-state index < -0.39 is 0 Å². The topological polar surface area (TPSA) is 71.1 Å². The molecule has 3 aromatic rings. The number of aromatic amines is 1. The molecule has 3 aromatic heterocycles. The van der Waals surface area contributed by atoms with Crippen molar-refractivity contribution in [2.75, 3.05) is 20.2 Å². The smallest absolute Gasteiger partial charge is 0.272 e. The molecule has 0 radical (unpaired) electrons. The molecular formula is C19H20N4O2. The van der Waals surface area contributed by atoms with E-state index in [1.807, 2.05) is 11.0 Å². The second kappa shape index (κ2) is 6.55. The molecule has 0 spiro atoms. The van der Waals surface area contributed by atoms with Crippen LogP contribution in [0.3, 0.4) is 0 Å². The van der Waals surface area contributed by atoms with E-state index in [0.29, 0.717) is 17.4 Å². The SMILES string of the molecule is COc1ccc(C(=O)N2CCC(c3c[nH]c4ncccc34)CC2)nc1. The third-order valence-corrected chi connectivity index (χ3v) is 4.90. The maximum atomic E-state index is 12.6. The number of methoxy groups -OCH3 is 1. The van der Waals surface area contributed by atoms with E-state index in [2.05, 4.69) is 27.2 Å². The first-order chi connectivity index (χ1) is 12.3. The molecule has 128 valence electrons. The van der Waals surface area contributed by atoms with Gasteiger partial charge in [-0.3, -0.25) is 4.79 Å². The molecular weight excluding hydrogens is 316 g/mol. The van der Waals surface area contributed by atoms with Crippen molar-refractivity contribution >= 4 is 16.9 Å². The molecule has 4 heterocycles. The first kappa shape index (κ1) is 15.6. The van der Waals surface area contributed by atoms with E-state index in [0.717, 1.165) is 31.6 Å². The number of fused-ring (bicyclic) bond motifs is 1. The molecule has 0 saturated carbocycles. The molecule has 1 aliphatic rings. The normalized spacial score (nSPS) is 15.5. The van der Waals surface area contributed by atoms with Crippen molar-refractivity contribution in [3.63, 3.8) is 0 Å². The van der Waals surface area contributed by atoms with Crippen molar-refractivity contribution in [3.05, 3.63) is 54.1 Å². The highest BCUT2D eigenvalue weighted by Gasteiger charge is 2.26. The van der Waals surface area contributed by atoms with Gasteiger partial charge in [0.2, 0.25) is 0 Å². The summed E-state index contributed by atoms with van der Waals surface area (Å²) in [7, 11) is 1.59. The van der Waals surface area contributed by atoms with Gasteiger partial charge in [0.15, 0.2) is 0 Å². The van der Waals surface area contributed by atoms with Crippen molar-refractivity contribution in [2.24, 2.45) is 0 Å². The van der Waals surface area contributed by atoms with E-state index in [1.54, 1.807) is 31.6 Å². The Balaban J connectivity index is 1.44. The van der Waals surface area contributed by atoms with Crippen LogP contribution in [0.25, 0.3) is 11.0 Å². The summed E-state index contributed by atoms with van der Waals surface area (Å²) in [6, 6.07) is 7.56. The number of nitrogens with one attached hydrogen (secondary N) is 1. The number of carbonyl (C=O) groups excluding carboxylic acids is 1. The minimum Gasteiger partial charge on any atom is -0.495 e. The Kier molecular flexibility index (Phi) is 4.09.